The molecule has 0 fully saturated rings. The van der Waals surface area contributed by atoms with Gasteiger partial charge in [-0.1, -0.05) is 35.5 Å². The van der Waals surface area contributed by atoms with Crippen molar-refractivity contribution in [1.29, 1.82) is 0 Å². The average molecular weight is 306 g/mol. The number of anilines is 1. The summed E-state index contributed by atoms with van der Waals surface area (Å²) in [5.74, 6) is 0. The van der Waals surface area contributed by atoms with Crippen LogP contribution in [0.4, 0.5) is 5.69 Å². The lowest BCUT2D eigenvalue weighted by molar-refractivity contribution is 0.420. The number of hydrogen-bond acceptors (Lipinski definition) is 5. The van der Waals surface area contributed by atoms with Gasteiger partial charge in [0.25, 0.3) is 10.0 Å². The molecule has 3 aromatic rings. The Kier molecular flexibility index (Phi) is 3.29. The summed E-state index contributed by atoms with van der Waals surface area (Å²) in [6, 6.07) is 11.2. The Labute approximate surface area is 119 Å². The fourth-order valence-electron chi connectivity index (χ4n) is 1.79. The SMILES string of the molecule is O=S(=O)(Nc1cnoc1)c1sccc1-c1ccccc1. The Hall–Kier alpha value is -2.12. The van der Waals surface area contributed by atoms with Crippen molar-refractivity contribution in [2.24, 2.45) is 0 Å². The second kappa shape index (κ2) is 5.10. The van der Waals surface area contributed by atoms with Gasteiger partial charge in [0.2, 0.25) is 0 Å². The van der Waals surface area contributed by atoms with Gasteiger partial charge in [0, 0.05) is 5.56 Å². The second-order valence-corrected chi connectivity index (χ2v) is 6.80. The Balaban J connectivity index is 2.01. The highest BCUT2D eigenvalue weighted by Gasteiger charge is 2.21. The number of sulfonamides is 1. The molecule has 0 aliphatic rings. The molecule has 0 saturated heterocycles. The molecule has 0 bridgehead atoms. The van der Waals surface area contributed by atoms with Gasteiger partial charge < -0.3 is 4.52 Å². The Bertz CT molecular complexity index is 793. The highest BCUT2D eigenvalue weighted by molar-refractivity contribution is 7.94. The molecule has 7 heteroatoms. The molecule has 0 atom stereocenters. The molecule has 0 spiro atoms. The van der Waals surface area contributed by atoms with E-state index in [1.165, 1.54) is 23.8 Å². The molecule has 1 aromatic carbocycles. The average Bonchev–Trinajstić information content (AvgIpc) is 3.09. The maximum Gasteiger partial charge on any atom is 0.272 e. The van der Waals surface area contributed by atoms with E-state index >= 15 is 0 Å². The molecule has 1 N–H and O–H groups in total. The summed E-state index contributed by atoms with van der Waals surface area (Å²) in [5.41, 5.74) is 1.84. The van der Waals surface area contributed by atoms with Crippen LogP contribution in [-0.4, -0.2) is 13.6 Å². The predicted octanol–water partition coefficient (Wildman–Crippen LogP) is 3.20. The lowest BCUT2D eigenvalue weighted by atomic mass is 10.1. The van der Waals surface area contributed by atoms with Crippen LogP contribution in [0.1, 0.15) is 0 Å². The zero-order valence-corrected chi connectivity index (χ0v) is 11.8. The largest absolute Gasteiger partial charge is 0.362 e. The van der Waals surface area contributed by atoms with Gasteiger partial charge in [0.15, 0.2) is 0 Å². The summed E-state index contributed by atoms with van der Waals surface area (Å²) in [6.07, 6.45) is 2.56. The summed E-state index contributed by atoms with van der Waals surface area (Å²) in [7, 11) is -3.65. The number of nitrogens with zero attached hydrogens (tertiary/aromatic N) is 1. The summed E-state index contributed by atoms with van der Waals surface area (Å²) < 4.78 is 32.1. The van der Waals surface area contributed by atoms with Crippen molar-refractivity contribution in [2.75, 3.05) is 4.72 Å². The number of nitrogens with one attached hydrogen (secondary N) is 1. The van der Waals surface area contributed by atoms with Gasteiger partial charge >= 0.3 is 0 Å². The van der Waals surface area contributed by atoms with E-state index in [-0.39, 0.29) is 4.21 Å². The van der Waals surface area contributed by atoms with Crippen molar-refractivity contribution >= 4 is 27.0 Å². The van der Waals surface area contributed by atoms with Crippen LogP contribution >= 0.6 is 11.3 Å². The van der Waals surface area contributed by atoms with Gasteiger partial charge in [-0.3, -0.25) is 4.72 Å². The Morgan fingerprint density at radius 1 is 1.15 bits per heavy atom. The minimum Gasteiger partial charge on any atom is -0.362 e. The Morgan fingerprint density at radius 3 is 2.65 bits per heavy atom. The van der Waals surface area contributed by atoms with E-state index in [9.17, 15) is 8.42 Å². The standard InChI is InChI=1S/C13H10N2O3S2/c16-20(17,15-11-8-14-18-9-11)13-12(6-7-19-13)10-4-2-1-3-5-10/h1-9,15H. The molecular weight excluding hydrogens is 296 g/mol. The quantitative estimate of drug-likeness (QED) is 0.803. The topological polar surface area (TPSA) is 72.2 Å². The molecule has 5 nitrogen and oxygen atoms in total. The predicted molar refractivity (Wildman–Crippen MR) is 77.1 cm³/mol. The van der Waals surface area contributed by atoms with Gasteiger partial charge in [-0.25, -0.2) is 8.42 Å². The van der Waals surface area contributed by atoms with Gasteiger partial charge in [0.05, 0.1) is 6.20 Å². The third-order valence-corrected chi connectivity index (χ3v) is 5.51. The van der Waals surface area contributed by atoms with E-state index in [0.29, 0.717) is 11.3 Å². The van der Waals surface area contributed by atoms with Crippen molar-refractivity contribution in [1.82, 2.24) is 5.16 Å². The minimum absolute atomic E-state index is 0.268. The van der Waals surface area contributed by atoms with Crippen LogP contribution in [0.15, 0.2) is 63.0 Å². The molecule has 3 rings (SSSR count). The van der Waals surface area contributed by atoms with Crippen molar-refractivity contribution < 1.29 is 12.9 Å². The minimum atomic E-state index is -3.65. The smallest absolute Gasteiger partial charge is 0.272 e. The van der Waals surface area contributed by atoms with Gasteiger partial charge in [0.1, 0.15) is 16.2 Å². The van der Waals surface area contributed by atoms with Crippen LogP contribution in [0.5, 0.6) is 0 Å². The molecule has 0 unspecified atom stereocenters. The molecule has 2 heterocycles. The summed E-state index contributed by atoms with van der Waals surface area (Å²) >= 11 is 1.17. The first-order valence-corrected chi connectivity index (χ1v) is 8.08. The number of rotatable bonds is 4. The number of thiophene rings is 1. The maximum atomic E-state index is 12.4. The summed E-state index contributed by atoms with van der Waals surface area (Å²) in [6.45, 7) is 0. The first kappa shape index (κ1) is 12.9. The zero-order valence-electron chi connectivity index (χ0n) is 10.2. The van der Waals surface area contributed by atoms with Crippen LogP contribution in [-0.2, 0) is 10.0 Å². The van der Waals surface area contributed by atoms with Crippen LogP contribution in [0.2, 0.25) is 0 Å². The number of aromatic nitrogens is 1. The molecular formula is C13H10N2O3S2. The molecule has 20 heavy (non-hydrogen) atoms. The first-order chi connectivity index (χ1) is 9.67. The van der Waals surface area contributed by atoms with Crippen molar-refractivity contribution in [3.05, 3.63) is 54.2 Å². The highest BCUT2D eigenvalue weighted by Crippen LogP contribution is 2.33. The monoisotopic (exact) mass is 306 g/mol. The number of benzene rings is 1. The third-order valence-electron chi connectivity index (χ3n) is 2.64. The fourth-order valence-corrected chi connectivity index (χ4v) is 4.21. The second-order valence-electron chi connectivity index (χ2n) is 4.01. The summed E-state index contributed by atoms with van der Waals surface area (Å²) in [5, 5.41) is 5.22. The van der Waals surface area contributed by atoms with Gasteiger partial charge in [-0.15, -0.1) is 11.3 Å². The first-order valence-electron chi connectivity index (χ1n) is 5.72. The molecule has 0 aliphatic carbocycles. The van der Waals surface area contributed by atoms with E-state index < -0.39 is 10.0 Å². The lowest BCUT2D eigenvalue weighted by Gasteiger charge is -2.06. The van der Waals surface area contributed by atoms with Crippen molar-refractivity contribution in [3.8, 4) is 11.1 Å². The lowest BCUT2D eigenvalue weighted by Crippen LogP contribution is -2.11. The number of hydrogen-bond donors (Lipinski definition) is 1. The third kappa shape index (κ3) is 2.45. The van der Waals surface area contributed by atoms with E-state index in [1.54, 1.807) is 11.4 Å². The molecule has 2 aromatic heterocycles. The van der Waals surface area contributed by atoms with E-state index in [4.69, 9.17) is 0 Å². The van der Waals surface area contributed by atoms with Gasteiger partial charge in [-0.2, -0.15) is 0 Å². The van der Waals surface area contributed by atoms with Crippen LogP contribution in [0, 0.1) is 0 Å². The van der Waals surface area contributed by atoms with Gasteiger partial charge in [-0.05, 0) is 17.0 Å². The van der Waals surface area contributed by atoms with E-state index in [0.717, 1.165) is 5.56 Å². The van der Waals surface area contributed by atoms with Crippen molar-refractivity contribution in [3.63, 3.8) is 0 Å². The zero-order chi connectivity index (χ0) is 14.0. The molecule has 0 amide bonds. The molecule has 0 saturated carbocycles. The summed E-state index contributed by atoms with van der Waals surface area (Å²) in [4.78, 5) is 0. The van der Waals surface area contributed by atoms with E-state index in [2.05, 4.69) is 14.4 Å². The molecule has 0 radical (unpaired) electrons. The fraction of sp³-hybridized carbons (Fsp3) is 0. The molecule has 102 valence electrons. The van der Waals surface area contributed by atoms with Crippen LogP contribution in [0.3, 0.4) is 0 Å². The van der Waals surface area contributed by atoms with Crippen molar-refractivity contribution in [2.45, 2.75) is 4.21 Å². The van der Waals surface area contributed by atoms with E-state index in [1.807, 2.05) is 30.3 Å². The molecule has 0 aliphatic heterocycles. The van der Waals surface area contributed by atoms with Crippen LogP contribution < -0.4 is 4.72 Å². The maximum absolute atomic E-state index is 12.4. The van der Waals surface area contributed by atoms with Crippen LogP contribution in [0.25, 0.3) is 11.1 Å². The normalized spacial score (nSPS) is 11.4. The highest BCUT2D eigenvalue weighted by atomic mass is 32.2. The Morgan fingerprint density at radius 2 is 1.95 bits per heavy atom.